The number of nitroso groups, excluding NO2 is 1. The summed E-state index contributed by atoms with van der Waals surface area (Å²) < 4.78 is 27.1. The molecule has 4 saturated carbocycles. The fourth-order valence-corrected chi connectivity index (χ4v) is 9.18. The molecule has 0 amide bonds. The highest BCUT2D eigenvalue weighted by Gasteiger charge is 2.76. The zero-order valence-electron chi connectivity index (χ0n) is 22.3. The maximum absolute atomic E-state index is 11.4. The summed E-state index contributed by atoms with van der Waals surface area (Å²) in [5.74, 6) is 2.38. The van der Waals surface area contributed by atoms with Crippen LogP contribution in [0.15, 0.2) is 59.8 Å². The van der Waals surface area contributed by atoms with Gasteiger partial charge < -0.3 is 18.8 Å². The lowest BCUT2D eigenvalue weighted by Gasteiger charge is -2.68. The van der Waals surface area contributed by atoms with Gasteiger partial charge in [0, 0.05) is 28.0 Å². The van der Waals surface area contributed by atoms with Crippen LogP contribution in [-0.2, 0) is 20.3 Å². The molecule has 1 aliphatic heterocycles. The first kappa shape index (κ1) is 26.4. The standard InChI is InChI=1S/C30H31NO7S2/c1-34-23-6-3-19(4-7-23)26-9-10-27(39-26)24-8-5-20(16-25(24)36-28(31-32)40-33)30(35-2)29(37-38-30)21-12-17-11-18(14-21)15-22(29)13-17/h3-10,16-18,21-22,28,33H,11-15H2,1-2H3. The molecule has 1 aromatic heterocycles. The highest BCUT2D eigenvalue weighted by Crippen LogP contribution is 2.69. The number of thiophene rings is 1. The minimum absolute atomic E-state index is 0.256. The largest absolute Gasteiger partial charge is 0.497 e. The van der Waals surface area contributed by atoms with Crippen LogP contribution in [0.2, 0.25) is 0 Å². The number of hydrogen-bond donors (Lipinski definition) is 1. The molecule has 3 aromatic rings. The van der Waals surface area contributed by atoms with Crippen molar-refractivity contribution >= 4 is 23.4 Å². The lowest BCUT2D eigenvalue weighted by molar-refractivity contribution is -0.645. The Balaban J connectivity index is 1.28. The molecule has 210 valence electrons. The molecule has 10 heteroatoms. The molecule has 4 bridgehead atoms. The average molecular weight is 582 g/mol. The van der Waals surface area contributed by atoms with E-state index in [0.29, 0.717) is 17.6 Å². The molecule has 5 fully saturated rings. The molecule has 1 saturated heterocycles. The van der Waals surface area contributed by atoms with Gasteiger partial charge in [-0.3, -0.25) is 0 Å². The molecule has 2 atom stereocenters. The van der Waals surface area contributed by atoms with Gasteiger partial charge in [-0.25, -0.2) is 4.89 Å². The quantitative estimate of drug-likeness (QED) is 0.119. The lowest BCUT2D eigenvalue weighted by atomic mass is 9.47. The second kappa shape index (κ2) is 10.1. The molecule has 2 unspecified atom stereocenters. The Morgan fingerprint density at radius 1 is 0.950 bits per heavy atom. The molecular formula is C30H31NO7S2. The van der Waals surface area contributed by atoms with Crippen LogP contribution in [0.3, 0.4) is 0 Å². The van der Waals surface area contributed by atoms with Crippen LogP contribution in [0, 0.1) is 28.6 Å². The highest BCUT2D eigenvalue weighted by atomic mass is 32.2. The first-order valence-corrected chi connectivity index (χ1v) is 15.3. The van der Waals surface area contributed by atoms with E-state index in [1.807, 2.05) is 48.5 Å². The maximum Gasteiger partial charge on any atom is 0.300 e. The Hall–Kier alpha value is -2.47. The number of nitrogens with zero attached hydrogens (tertiary/aromatic N) is 1. The maximum atomic E-state index is 11.4. The molecule has 5 aliphatic rings. The van der Waals surface area contributed by atoms with Crippen LogP contribution in [0.1, 0.15) is 37.7 Å². The van der Waals surface area contributed by atoms with Gasteiger partial charge in [-0.1, -0.05) is 6.07 Å². The van der Waals surface area contributed by atoms with Gasteiger partial charge in [0.1, 0.15) is 11.5 Å². The summed E-state index contributed by atoms with van der Waals surface area (Å²) in [5, 5.41) is 2.94. The van der Waals surface area contributed by atoms with Crippen LogP contribution in [0.4, 0.5) is 0 Å². The van der Waals surface area contributed by atoms with Crippen molar-refractivity contribution in [2.45, 2.75) is 49.1 Å². The minimum atomic E-state index is -1.32. The summed E-state index contributed by atoms with van der Waals surface area (Å²) in [6.45, 7) is 0. The molecular weight excluding hydrogens is 550 g/mol. The van der Waals surface area contributed by atoms with Crippen molar-refractivity contribution in [1.82, 2.24) is 0 Å². The Kier molecular flexibility index (Phi) is 6.68. The second-order valence-corrected chi connectivity index (χ2v) is 13.0. The minimum Gasteiger partial charge on any atom is -0.497 e. The van der Waals surface area contributed by atoms with Crippen molar-refractivity contribution in [2.75, 3.05) is 14.2 Å². The third-order valence-corrected chi connectivity index (χ3v) is 11.0. The Labute approximate surface area is 241 Å². The van der Waals surface area contributed by atoms with Gasteiger partial charge in [0.2, 0.25) is 0 Å². The van der Waals surface area contributed by atoms with Crippen LogP contribution in [0.5, 0.6) is 11.5 Å². The van der Waals surface area contributed by atoms with Gasteiger partial charge in [0.25, 0.3) is 5.79 Å². The van der Waals surface area contributed by atoms with Crippen LogP contribution in [0.25, 0.3) is 20.9 Å². The normalized spacial score (nSPS) is 32.6. The van der Waals surface area contributed by atoms with E-state index in [9.17, 15) is 9.46 Å². The first-order chi connectivity index (χ1) is 19.5. The predicted molar refractivity (Wildman–Crippen MR) is 153 cm³/mol. The van der Waals surface area contributed by atoms with Crippen molar-refractivity contribution in [1.29, 1.82) is 0 Å². The fraction of sp³-hybridized carbons (Fsp3) is 0.467. The van der Waals surface area contributed by atoms with Crippen LogP contribution in [-0.4, -0.2) is 29.9 Å². The number of ether oxygens (including phenoxy) is 3. The summed E-state index contributed by atoms with van der Waals surface area (Å²) in [5.41, 5.74) is 0.750. The topological polar surface area (TPSA) is 95.8 Å². The molecule has 2 aromatic carbocycles. The van der Waals surface area contributed by atoms with E-state index >= 15 is 0 Å². The summed E-state index contributed by atoms with van der Waals surface area (Å²) >= 11 is 1.86. The van der Waals surface area contributed by atoms with E-state index in [1.54, 1.807) is 25.6 Å². The summed E-state index contributed by atoms with van der Waals surface area (Å²) in [6.07, 6.45) is 5.85. The van der Waals surface area contributed by atoms with E-state index in [4.69, 9.17) is 24.0 Å². The monoisotopic (exact) mass is 581 g/mol. The van der Waals surface area contributed by atoms with E-state index < -0.39 is 16.9 Å². The highest BCUT2D eigenvalue weighted by molar-refractivity contribution is 7.94. The van der Waals surface area contributed by atoms with Crippen LogP contribution >= 0.6 is 23.4 Å². The average Bonchev–Trinajstić information content (AvgIpc) is 3.46. The van der Waals surface area contributed by atoms with Crippen molar-refractivity contribution < 1.29 is 28.5 Å². The third-order valence-electron chi connectivity index (χ3n) is 9.46. The van der Waals surface area contributed by atoms with Gasteiger partial charge in [-0.05, 0) is 115 Å². The molecule has 4 aliphatic carbocycles. The van der Waals surface area contributed by atoms with Gasteiger partial charge in [-0.15, -0.1) is 16.2 Å². The summed E-state index contributed by atoms with van der Waals surface area (Å²) in [6, 6.07) is 17.8. The van der Waals surface area contributed by atoms with Gasteiger partial charge >= 0.3 is 5.56 Å². The smallest absolute Gasteiger partial charge is 0.300 e. The number of hydrogen-bond acceptors (Lipinski definition) is 10. The molecule has 40 heavy (non-hydrogen) atoms. The van der Waals surface area contributed by atoms with E-state index in [-0.39, 0.29) is 12.0 Å². The van der Waals surface area contributed by atoms with Crippen molar-refractivity contribution in [3.05, 3.63) is 65.1 Å². The molecule has 8 rings (SSSR count). The predicted octanol–water partition coefficient (Wildman–Crippen LogP) is 7.68. The van der Waals surface area contributed by atoms with Crippen LogP contribution < -0.4 is 9.47 Å². The molecule has 8 nitrogen and oxygen atoms in total. The summed E-state index contributed by atoms with van der Waals surface area (Å²) in [7, 11) is 3.32. The van der Waals surface area contributed by atoms with Gasteiger partial charge in [0.15, 0.2) is 5.60 Å². The molecule has 1 N–H and O–H groups in total. The molecule has 2 heterocycles. The van der Waals surface area contributed by atoms with E-state index in [2.05, 4.69) is 11.2 Å². The number of benzene rings is 2. The van der Waals surface area contributed by atoms with Crippen molar-refractivity contribution in [3.63, 3.8) is 0 Å². The Bertz CT molecular complexity index is 1380. The number of methoxy groups -OCH3 is 2. The van der Waals surface area contributed by atoms with E-state index in [1.165, 1.54) is 6.42 Å². The third kappa shape index (κ3) is 3.88. The van der Waals surface area contributed by atoms with Crippen molar-refractivity contribution in [2.24, 2.45) is 28.8 Å². The van der Waals surface area contributed by atoms with Crippen molar-refractivity contribution in [3.8, 4) is 32.4 Å². The Morgan fingerprint density at radius 2 is 1.65 bits per heavy atom. The van der Waals surface area contributed by atoms with Gasteiger partial charge in [0.05, 0.1) is 19.2 Å². The molecule has 1 spiro atoms. The Morgan fingerprint density at radius 3 is 2.23 bits per heavy atom. The summed E-state index contributed by atoms with van der Waals surface area (Å²) in [4.78, 5) is 25.5. The van der Waals surface area contributed by atoms with E-state index in [0.717, 1.165) is 69.7 Å². The first-order valence-electron chi connectivity index (χ1n) is 13.6. The zero-order valence-corrected chi connectivity index (χ0v) is 23.9. The SMILES string of the molecule is COc1ccc(-c2ccc(-c3ccc(C4(OC)OOC45C4CC6CC(C4)CC5C6)cc3OC(N=O)SO)s2)cc1. The fourth-order valence-electron chi connectivity index (χ4n) is 7.95. The lowest BCUT2D eigenvalue weighted by Crippen LogP contribution is -2.76. The van der Waals surface area contributed by atoms with Gasteiger partial charge in [-0.2, -0.15) is 4.89 Å². The zero-order chi connectivity index (χ0) is 27.5. The number of rotatable bonds is 9. The molecule has 0 radical (unpaired) electrons. The second-order valence-electron chi connectivity index (χ2n) is 11.3.